The van der Waals surface area contributed by atoms with Gasteiger partial charge in [0.05, 0.1) is 27.5 Å². The van der Waals surface area contributed by atoms with Gasteiger partial charge >= 0.3 is 0 Å². The highest BCUT2D eigenvalue weighted by Gasteiger charge is 2.46. The molecule has 3 aromatic heterocycles. The van der Waals surface area contributed by atoms with Gasteiger partial charge in [0, 0.05) is 26.9 Å². The molecule has 0 atom stereocenters. The summed E-state index contributed by atoms with van der Waals surface area (Å²) in [5.41, 5.74) is 16.4. The van der Waals surface area contributed by atoms with Crippen molar-refractivity contribution in [2.75, 3.05) is 0 Å². The van der Waals surface area contributed by atoms with Crippen LogP contribution in [0.3, 0.4) is 0 Å². The highest BCUT2D eigenvalue weighted by Crippen LogP contribution is 2.58. The molecule has 0 aliphatic heterocycles. The van der Waals surface area contributed by atoms with Gasteiger partial charge in [-0.3, -0.25) is 0 Å². The molecule has 3 heterocycles. The molecule has 0 saturated heterocycles. The normalized spacial score (nSPS) is 13.3. The third-order valence-corrected chi connectivity index (χ3v) is 12.7. The van der Waals surface area contributed by atoms with Crippen LogP contribution in [0.2, 0.25) is 0 Å². The Kier molecular flexibility index (Phi) is 6.37. The van der Waals surface area contributed by atoms with Gasteiger partial charge in [0.2, 0.25) is 0 Å². The van der Waals surface area contributed by atoms with Crippen LogP contribution in [0.25, 0.3) is 93.6 Å². The third kappa shape index (κ3) is 4.07. The standard InChI is InChI=1S/C55H33NO2/c1-3-15-35(16-4-1)55(36-17-5-2-6-18-36)42-23-10-7-19-38(42)51-37(22-13-24-43(51)55)34-29-30-41-50(33-34)58-48-28-14-26-45(52(41)48)56-44-25-11-8-20-39(44)53-46(56)31-32-49-54(53)40-21-9-12-27-47(40)57-49/h1-33H. The lowest BCUT2D eigenvalue weighted by Gasteiger charge is -2.34. The Morgan fingerprint density at radius 2 is 0.983 bits per heavy atom. The van der Waals surface area contributed by atoms with Gasteiger partial charge in [-0.15, -0.1) is 0 Å². The largest absolute Gasteiger partial charge is 0.456 e. The van der Waals surface area contributed by atoms with Gasteiger partial charge in [-0.1, -0.05) is 152 Å². The van der Waals surface area contributed by atoms with Gasteiger partial charge < -0.3 is 13.4 Å². The van der Waals surface area contributed by atoms with Crippen molar-refractivity contribution in [2.24, 2.45) is 0 Å². The van der Waals surface area contributed by atoms with E-state index in [4.69, 9.17) is 8.83 Å². The number of para-hydroxylation sites is 2. The van der Waals surface area contributed by atoms with E-state index in [0.29, 0.717) is 0 Å². The van der Waals surface area contributed by atoms with E-state index in [2.05, 4.69) is 199 Å². The second kappa shape index (κ2) is 11.7. The van der Waals surface area contributed by atoms with Crippen LogP contribution in [-0.2, 0) is 5.41 Å². The van der Waals surface area contributed by atoms with E-state index in [1.54, 1.807) is 0 Å². The number of aromatic nitrogens is 1. The fraction of sp³-hybridized carbons (Fsp3) is 0.0182. The molecule has 9 aromatic carbocycles. The van der Waals surface area contributed by atoms with Crippen LogP contribution < -0.4 is 0 Å². The van der Waals surface area contributed by atoms with Gasteiger partial charge in [0.15, 0.2) is 0 Å². The molecule has 0 spiro atoms. The zero-order valence-corrected chi connectivity index (χ0v) is 31.3. The van der Waals surface area contributed by atoms with Gasteiger partial charge in [0.1, 0.15) is 22.3 Å². The predicted molar refractivity (Wildman–Crippen MR) is 238 cm³/mol. The monoisotopic (exact) mass is 739 g/mol. The van der Waals surface area contributed by atoms with E-state index in [1.165, 1.54) is 49.7 Å². The highest BCUT2D eigenvalue weighted by molar-refractivity contribution is 6.28. The molecule has 58 heavy (non-hydrogen) atoms. The maximum absolute atomic E-state index is 6.83. The van der Waals surface area contributed by atoms with Crippen LogP contribution in [0.4, 0.5) is 0 Å². The maximum Gasteiger partial charge on any atom is 0.137 e. The van der Waals surface area contributed by atoms with Crippen LogP contribution >= 0.6 is 0 Å². The summed E-state index contributed by atoms with van der Waals surface area (Å²) in [5, 5.41) is 6.86. The lowest BCUT2D eigenvalue weighted by molar-refractivity contribution is 0.668. The fourth-order valence-corrected chi connectivity index (χ4v) is 10.4. The molecule has 0 N–H and O–H groups in total. The van der Waals surface area contributed by atoms with Gasteiger partial charge in [-0.25, -0.2) is 0 Å². The Morgan fingerprint density at radius 1 is 0.362 bits per heavy atom. The van der Waals surface area contributed by atoms with E-state index >= 15 is 0 Å². The second-order valence-electron chi connectivity index (χ2n) is 15.5. The molecular formula is C55H33NO2. The zero-order chi connectivity index (χ0) is 38.0. The maximum atomic E-state index is 6.83. The Balaban J connectivity index is 1.05. The van der Waals surface area contributed by atoms with E-state index < -0.39 is 5.41 Å². The molecule has 12 aromatic rings. The summed E-state index contributed by atoms with van der Waals surface area (Å²) in [6, 6.07) is 72.4. The number of hydrogen-bond donors (Lipinski definition) is 0. The average molecular weight is 740 g/mol. The molecule has 3 nitrogen and oxygen atoms in total. The van der Waals surface area contributed by atoms with E-state index in [9.17, 15) is 0 Å². The SMILES string of the molecule is c1ccc(C2(c3ccccc3)c3ccccc3-c3c(-c4ccc5c(c4)oc4cccc(-n6c7ccccc7c7c8c(ccc76)oc6ccccc68)c45)cccc32)cc1. The van der Waals surface area contributed by atoms with Crippen molar-refractivity contribution in [1.29, 1.82) is 0 Å². The fourth-order valence-electron chi connectivity index (χ4n) is 10.4. The average Bonchev–Trinajstić information content (AvgIpc) is 4.03. The number of fused-ring (bicyclic) bond motifs is 13. The molecule has 0 unspecified atom stereocenters. The number of rotatable bonds is 4. The van der Waals surface area contributed by atoms with Gasteiger partial charge in [-0.05, 0) is 93.0 Å². The molecule has 1 aliphatic rings. The number of hydrogen-bond acceptors (Lipinski definition) is 2. The van der Waals surface area contributed by atoms with Crippen LogP contribution in [0.5, 0.6) is 0 Å². The van der Waals surface area contributed by atoms with E-state index in [0.717, 1.165) is 66.2 Å². The zero-order valence-electron chi connectivity index (χ0n) is 31.3. The molecule has 0 saturated carbocycles. The smallest absolute Gasteiger partial charge is 0.137 e. The molecule has 1 aliphatic carbocycles. The quantitative estimate of drug-likeness (QED) is 0.180. The summed E-state index contributed by atoms with van der Waals surface area (Å²) in [6.45, 7) is 0. The summed E-state index contributed by atoms with van der Waals surface area (Å²) in [5.74, 6) is 0. The molecule has 0 radical (unpaired) electrons. The first-order valence-electron chi connectivity index (χ1n) is 19.9. The van der Waals surface area contributed by atoms with Crippen molar-refractivity contribution in [3.05, 3.63) is 222 Å². The summed E-state index contributed by atoms with van der Waals surface area (Å²) in [4.78, 5) is 0. The van der Waals surface area contributed by atoms with Gasteiger partial charge in [-0.2, -0.15) is 0 Å². The summed E-state index contributed by atoms with van der Waals surface area (Å²) < 4.78 is 15.6. The number of nitrogens with zero attached hydrogens (tertiary/aromatic N) is 1. The predicted octanol–water partition coefficient (Wildman–Crippen LogP) is 14.6. The summed E-state index contributed by atoms with van der Waals surface area (Å²) >= 11 is 0. The van der Waals surface area contributed by atoms with Crippen molar-refractivity contribution in [1.82, 2.24) is 4.57 Å². The first kappa shape index (κ1) is 31.6. The minimum atomic E-state index is -0.459. The summed E-state index contributed by atoms with van der Waals surface area (Å²) in [7, 11) is 0. The van der Waals surface area contributed by atoms with Gasteiger partial charge in [0.25, 0.3) is 0 Å². The Hall–Kier alpha value is -7.62. The first-order valence-corrected chi connectivity index (χ1v) is 19.9. The molecule has 3 heteroatoms. The van der Waals surface area contributed by atoms with E-state index in [1.807, 2.05) is 6.07 Å². The molecule has 0 fully saturated rings. The first-order chi connectivity index (χ1) is 28.8. The molecule has 13 rings (SSSR count). The Labute approximate surface area is 333 Å². The number of furan rings is 2. The summed E-state index contributed by atoms with van der Waals surface area (Å²) in [6.07, 6.45) is 0. The highest BCUT2D eigenvalue weighted by atomic mass is 16.3. The lowest BCUT2D eigenvalue weighted by Crippen LogP contribution is -2.28. The van der Waals surface area contributed by atoms with Crippen molar-refractivity contribution in [3.63, 3.8) is 0 Å². The Bertz CT molecular complexity index is 3580. The molecule has 0 amide bonds. The number of benzene rings is 9. The van der Waals surface area contributed by atoms with Crippen LogP contribution in [0.15, 0.2) is 209 Å². The van der Waals surface area contributed by atoms with Crippen molar-refractivity contribution < 1.29 is 8.83 Å². The van der Waals surface area contributed by atoms with E-state index in [-0.39, 0.29) is 0 Å². The van der Waals surface area contributed by atoms with Crippen molar-refractivity contribution in [3.8, 4) is 27.9 Å². The molecular weight excluding hydrogens is 707 g/mol. The van der Waals surface area contributed by atoms with Crippen molar-refractivity contribution >= 4 is 65.7 Å². The minimum absolute atomic E-state index is 0.459. The van der Waals surface area contributed by atoms with Crippen LogP contribution in [0, 0.1) is 0 Å². The topological polar surface area (TPSA) is 31.2 Å². The lowest BCUT2D eigenvalue weighted by atomic mass is 9.67. The second-order valence-corrected chi connectivity index (χ2v) is 15.5. The minimum Gasteiger partial charge on any atom is -0.456 e. The Morgan fingerprint density at radius 3 is 1.83 bits per heavy atom. The molecule has 270 valence electrons. The molecule has 0 bridgehead atoms. The van der Waals surface area contributed by atoms with Crippen LogP contribution in [-0.4, -0.2) is 4.57 Å². The van der Waals surface area contributed by atoms with Crippen LogP contribution in [0.1, 0.15) is 22.3 Å². The van der Waals surface area contributed by atoms with Crippen molar-refractivity contribution in [2.45, 2.75) is 5.41 Å². The third-order valence-electron chi connectivity index (χ3n) is 12.7.